The Hall–Kier alpha value is -2.97. The summed E-state index contributed by atoms with van der Waals surface area (Å²) in [6.07, 6.45) is 2.92. The molecule has 2 rings (SSSR count). The van der Waals surface area contributed by atoms with Gasteiger partial charge < -0.3 is 26.8 Å². The minimum atomic E-state index is -0.901. The Morgan fingerprint density at radius 2 is 1.55 bits per heavy atom. The molecule has 0 fully saturated rings. The van der Waals surface area contributed by atoms with Crippen LogP contribution in [0.4, 0.5) is 0 Å². The van der Waals surface area contributed by atoms with Gasteiger partial charge in [0.25, 0.3) is 0 Å². The SMILES string of the molecule is CCCC[C@H](NC(=O)[C@@H](N)Cc1cccc2ccccc12)C(=O)N[C@@H](CC(C)C)[C@@H](O)C[C@@H](CC)C(=O)NCC(C)C. The topological polar surface area (TPSA) is 134 Å². The van der Waals surface area contributed by atoms with Crippen molar-refractivity contribution in [3.05, 3.63) is 48.0 Å². The second-order valence-corrected chi connectivity index (χ2v) is 12.4. The van der Waals surface area contributed by atoms with Crippen molar-refractivity contribution in [3.8, 4) is 0 Å². The van der Waals surface area contributed by atoms with Crippen LogP contribution < -0.4 is 21.7 Å². The van der Waals surface area contributed by atoms with Gasteiger partial charge in [0.1, 0.15) is 6.04 Å². The monoisotopic (exact) mass is 582 g/mol. The van der Waals surface area contributed by atoms with Crippen molar-refractivity contribution in [1.29, 1.82) is 0 Å². The van der Waals surface area contributed by atoms with Crippen molar-refractivity contribution in [2.45, 2.75) is 111 Å². The first-order chi connectivity index (χ1) is 20.0. The smallest absolute Gasteiger partial charge is 0.242 e. The van der Waals surface area contributed by atoms with E-state index in [1.54, 1.807) is 0 Å². The second-order valence-electron chi connectivity index (χ2n) is 12.4. The summed E-state index contributed by atoms with van der Waals surface area (Å²) in [6.45, 7) is 12.7. The van der Waals surface area contributed by atoms with E-state index in [1.807, 2.05) is 84.0 Å². The number of unbranched alkanes of at least 4 members (excludes halogenated alkanes) is 1. The van der Waals surface area contributed by atoms with Gasteiger partial charge in [-0.1, -0.05) is 96.8 Å². The molecule has 2 aromatic rings. The van der Waals surface area contributed by atoms with E-state index in [0.717, 1.165) is 29.2 Å². The molecule has 8 heteroatoms. The van der Waals surface area contributed by atoms with Gasteiger partial charge in [-0.3, -0.25) is 14.4 Å². The third-order valence-corrected chi connectivity index (χ3v) is 7.73. The lowest BCUT2D eigenvalue weighted by atomic mass is 9.90. The fourth-order valence-corrected chi connectivity index (χ4v) is 5.22. The van der Waals surface area contributed by atoms with Gasteiger partial charge >= 0.3 is 0 Å². The average Bonchev–Trinajstić information content (AvgIpc) is 2.95. The number of fused-ring (bicyclic) bond motifs is 1. The van der Waals surface area contributed by atoms with Crippen LogP contribution in [0.2, 0.25) is 0 Å². The van der Waals surface area contributed by atoms with Gasteiger partial charge in [0.2, 0.25) is 17.7 Å². The summed E-state index contributed by atoms with van der Waals surface area (Å²) in [5, 5.41) is 22.2. The molecule has 0 unspecified atom stereocenters. The zero-order valence-electron chi connectivity index (χ0n) is 26.5. The summed E-state index contributed by atoms with van der Waals surface area (Å²) in [7, 11) is 0. The van der Waals surface area contributed by atoms with Crippen molar-refractivity contribution in [3.63, 3.8) is 0 Å². The third-order valence-electron chi connectivity index (χ3n) is 7.73. The van der Waals surface area contributed by atoms with Crippen LogP contribution in [-0.4, -0.2) is 53.6 Å². The van der Waals surface area contributed by atoms with E-state index in [-0.39, 0.29) is 36.0 Å². The molecular formula is C34H54N4O4. The summed E-state index contributed by atoms with van der Waals surface area (Å²) < 4.78 is 0. The number of hydrogen-bond acceptors (Lipinski definition) is 5. The maximum atomic E-state index is 13.5. The molecule has 0 aliphatic carbocycles. The molecule has 8 nitrogen and oxygen atoms in total. The molecule has 0 saturated carbocycles. The molecule has 0 aliphatic heterocycles. The third kappa shape index (κ3) is 11.4. The predicted molar refractivity (Wildman–Crippen MR) is 171 cm³/mol. The molecule has 0 aliphatic rings. The van der Waals surface area contributed by atoms with Crippen molar-refractivity contribution >= 4 is 28.5 Å². The first-order valence-corrected chi connectivity index (χ1v) is 15.7. The van der Waals surface area contributed by atoms with Crippen molar-refractivity contribution in [1.82, 2.24) is 16.0 Å². The van der Waals surface area contributed by atoms with E-state index in [2.05, 4.69) is 16.0 Å². The summed E-state index contributed by atoms with van der Waals surface area (Å²) >= 11 is 0. The van der Waals surface area contributed by atoms with E-state index >= 15 is 0 Å². The highest BCUT2D eigenvalue weighted by Crippen LogP contribution is 2.21. The lowest BCUT2D eigenvalue weighted by molar-refractivity contribution is -0.131. The Kier molecular flexibility index (Phi) is 15.0. The normalized spacial score (nSPS) is 15.2. The van der Waals surface area contributed by atoms with Crippen LogP contribution in [0.25, 0.3) is 10.8 Å². The van der Waals surface area contributed by atoms with Gasteiger partial charge in [-0.15, -0.1) is 0 Å². The zero-order chi connectivity index (χ0) is 31.2. The molecule has 2 aromatic carbocycles. The summed E-state index contributed by atoms with van der Waals surface area (Å²) in [4.78, 5) is 39.5. The number of hydrogen-bond donors (Lipinski definition) is 5. The zero-order valence-corrected chi connectivity index (χ0v) is 26.5. The Morgan fingerprint density at radius 3 is 2.19 bits per heavy atom. The molecule has 0 radical (unpaired) electrons. The van der Waals surface area contributed by atoms with E-state index in [4.69, 9.17) is 5.73 Å². The highest BCUT2D eigenvalue weighted by atomic mass is 16.3. The number of carbonyl (C=O) groups excluding carboxylic acids is 3. The number of aliphatic hydroxyl groups excluding tert-OH is 1. The summed E-state index contributed by atoms with van der Waals surface area (Å²) in [6, 6.07) is 11.8. The lowest BCUT2D eigenvalue weighted by Gasteiger charge is -2.30. The molecule has 5 atom stereocenters. The van der Waals surface area contributed by atoms with E-state index < -0.39 is 24.2 Å². The maximum Gasteiger partial charge on any atom is 0.242 e. The first-order valence-electron chi connectivity index (χ1n) is 15.7. The molecule has 0 spiro atoms. The molecule has 42 heavy (non-hydrogen) atoms. The molecule has 3 amide bonds. The Balaban J connectivity index is 2.11. The Bertz CT molecular complexity index is 1130. The second kappa shape index (κ2) is 17.9. The molecule has 0 saturated heterocycles. The van der Waals surface area contributed by atoms with Crippen molar-refractivity contribution < 1.29 is 19.5 Å². The minimum absolute atomic E-state index is 0.0758. The van der Waals surface area contributed by atoms with Gasteiger partial charge in [0.05, 0.1) is 18.2 Å². The molecule has 0 aromatic heterocycles. The quantitative estimate of drug-likeness (QED) is 0.177. The van der Waals surface area contributed by atoms with Crippen LogP contribution in [0.3, 0.4) is 0 Å². The van der Waals surface area contributed by atoms with Crippen LogP contribution in [-0.2, 0) is 20.8 Å². The molecule has 0 heterocycles. The van der Waals surface area contributed by atoms with E-state index in [0.29, 0.717) is 38.1 Å². The maximum absolute atomic E-state index is 13.5. The fraction of sp³-hybridized carbons (Fsp3) is 0.618. The first kappa shape index (κ1) is 35.2. The largest absolute Gasteiger partial charge is 0.391 e. The van der Waals surface area contributed by atoms with E-state index in [9.17, 15) is 19.5 Å². The highest BCUT2D eigenvalue weighted by molar-refractivity contribution is 5.91. The standard InChI is InChI=1S/C34H54N4O4/c1-7-9-17-29(37-33(41)28(35)19-26-15-12-14-25-13-10-11-16-27(25)26)34(42)38-30(18-22(3)4)31(39)20-24(8-2)32(40)36-21-23(5)6/h10-16,22-24,28-31,39H,7-9,17-21,35H2,1-6H3,(H,36,40)(H,37,41)(H,38,42)/t24-,28+,29+,30+,31+/m1/s1. The number of amides is 3. The number of carbonyl (C=O) groups is 3. The van der Waals surface area contributed by atoms with Crippen molar-refractivity contribution in [2.75, 3.05) is 6.54 Å². The van der Waals surface area contributed by atoms with Crippen LogP contribution in [0, 0.1) is 17.8 Å². The average molecular weight is 583 g/mol. The van der Waals surface area contributed by atoms with Crippen LogP contribution in [0.5, 0.6) is 0 Å². The van der Waals surface area contributed by atoms with Gasteiger partial charge in [0.15, 0.2) is 0 Å². The molecule has 234 valence electrons. The molecule has 6 N–H and O–H groups in total. The van der Waals surface area contributed by atoms with Gasteiger partial charge in [-0.05, 0) is 60.3 Å². The lowest BCUT2D eigenvalue weighted by Crippen LogP contribution is -2.55. The minimum Gasteiger partial charge on any atom is -0.391 e. The number of benzene rings is 2. The fourth-order valence-electron chi connectivity index (χ4n) is 5.22. The van der Waals surface area contributed by atoms with Crippen LogP contribution in [0.1, 0.15) is 85.6 Å². The molecule has 0 bridgehead atoms. The predicted octanol–water partition coefficient (Wildman–Crippen LogP) is 4.46. The number of rotatable bonds is 18. The van der Waals surface area contributed by atoms with Crippen LogP contribution >= 0.6 is 0 Å². The van der Waals surface area contributed by atoms with Gasteiger partial charge in [-0.2, -0.15) is 0 Å². The van der Waals surface area contributed by atoms with E-state index in [1.165, 1.54) is 0 Å². The van der Waals surface area contributed by atoms with Crippen LogP contribution in [0.15, 0.2) is 42.5 Å². The summed E-state index contributed by atoms with van der Waals surface area (Å²) in [5.41, 5.74) is 7.33. The summed E-state index contributed by atoms with van der Waals surface area (Å²) in [5.74, 6) is -0.609. The number of nitrogens with one attached hydrogen (secondary N) is 3. The molecular weight excluding hydrogens is 528 g/mol. The van der Waals surface area contributed by atoms with Crippen molar-refractivity contribution in [2.24, 2.45) is 23.5 Å². The Labute approximate surface area is 252 Å². The van der Waals surface area contributed by atoms with Gasteiger partial charge in [-0.25, -0.2) is 0 Å². The van der Waals surface area contributed by atoms with Gasteiger partial charge in [0, 0.05) is 12.5 Å². The number of aliphatic hydroxyl groups is 1. The number of nitrogens with two attached hydrogens (primary N) is 1. The Morgan fingerprint density at radius 1 is 0.857 bits per heavy atom. The highest BCUT2D eigenvalue weighted by Gasteiger charge is 2.31.